The van der Waals surface area contributed by atoms with Crippen LogP contribution < -0.4 is 10.6 Å². The number of aliphatic hydroxyl groups excluding tert-OH is 2. The average Bonchev–Trinajstić information content (AvgIpc) is 3.39. The van der Waals surface area contributed by atoms with Gasteiger partial charge in [-0.05, 0) is 76.2 Å². The summed E-state index contributed by atoms with van der Waals surface area (Å²) in [6.07, 6.45) is 8.46. The molecule has 8 aliphatic rings. The molecule has 12 atom stereocenters. The number of nitrogens with one attached hydrogen (secondary N) is 2. The molecule has 1 aromatic heterocycles. The average molecular weight is 739 g/mol. The topological polar surface area (TPSA) is 169 Å². The Hall–Kier alpha value is -2.35. The first kappa shape index (κ1) is 36.3. The van der Waals surface area contributed by atoms with Gasteiger partial charge in [-0.25, -0.2) is 4.79 Å². The number of furan rings is 1. The summed E-state index contributed by atoms with van der Waals surface area (Å²) in [5, 5.41) is 30.2. The number of epoxide rings is 1. The quantitative estimate of drug-likeness (QED) is 0.156. The molecule has 0 aromatic carbocycles. The van der Waals surface area contributed by atoms with Gasteiger partial charge in [0, 0.05) is 54.1 Å². The summed E-state index contributed by atoms with van der Waals surface area (Å²) in [5.41, 5.74) is -4.11. The molecule has 3 aliphatic carbocycles. The highest BCUT2D eigenvalue weighted by molar-refractivity contribution is 5.92. The van der Waals surface area contributed by atoms with Gasteiger partial charge in [0.15, 0.2) is 11.9 Å². The maximum atomic E-state index is 15.1. The third-order valence-corrected chi connectivity index (χ3v) is 15.8. The van der Waals surface area contributed by atoms with Crippen LogP contribution in [0, 0.1) is 39.9 Å². The van der Waals surface area contributed by atoms with Crippen molar-refractivity contribution in [3.63, 3.8) is 0 Å². The van der Waals surface area contributed by atoms with Crippen LogP contribution in [0.5, 0.6) is 0 Å². The summed E-state index contributed by atoms with van der Waals surface area (Å²) in [7, 11) is 0. The molecule has 53 heavy (non-hydrogen) atoms. The summed E-state index contributed by atoms with van der Waals surface area (Å²) in [5.74, 6) is -1.47. The van der Waals surface area contributed by atoms with Gasteiger partial charge in [-0.15, -0.1) is 0 Å². The van der Waals surface area contributed by atoms with Crippen molar-refractivity contribution in [2.24, 2.45) is 39.9 Å². The monoisotopic (exact) mass is 738 g/mol. The number of carbonyl (C=O) groups excluding carboxylic acids is 3. The highest BCUT2D eigenvalue weighted by Gasteiger charge is 2.92. The number of cyclic esters (lactones) is 2. The van der Waals surface area contributed by atoms with E-state index in [4.69, 9.17) is 23.4 Å². The summed E-state index contributed by atoms with van der Waals surface area (Å²) in [6, 6.07) is 2.38. The molecule has 12 nitrogen and oxygen atoms in total. The maximum absolute atomic E-state index is 15.1. The lowest BCUT2D eigenvalue weighted by molar-refractivity contribution is -0.275. The van der Waals surface area contributed by atoms with Crippen LogP contribution >= 0.6 is 0 Å². The van der Waals surface area contributed by atoms with Crippen molar-refractivity contribution in [2.45, 2.75) is 146 Å². The summed E-state index contributed by atoms with van der Waals surface area (Å²) < 4.78 is 32.1. The van der Waals surface area contributed by atoms with Crippen molar-refractivity contribution in [2.75, 3.05) is 26.4 Å². The number of ether oxygens (including phenoxy) is 4. The number of esters is 2. The zero-order valence-electron chi connectivity index (χ0n) is 31.5. The fraction of sp³-hybridized carbons (Fsp3) is 0.829. The normalized spacial score (nSPS) is 44.9. The van der Waals surface area contributed by atoms with Gasteiger partial charge < -0.3 is 44.2 Å². The first-order chi connectivity index (χ1) is 25.5. The van der Waals surface area contributed by atoms with Crippen molar-refractivity contribution in [1.82, 2.24) is 10.6 Å². The van der Waals surface area contributed by atoms with Crippen molar-refractivity contribution >= 4 is 17.7 Å². The van der Waals surface area contributed by atoms with Crippen LogP contribution in [0.4, 0.5) is 0 Å². The van der Waals surface area contributed by atoms with E-state index >= 15 is 4.79 Å². The molecule has 6 heterocycles. The molecule has 4 N–H and O–H groups in total. The van der Waals surface area contributed by atoms with Crippen LogP contribution in [0.2, 0.25) is 0 Å². The van der Waals surface area contributed by atoms with Gasteiger partial charge in [-0.1, -0.05) is 39.0 Å². The van der Waals surface area contributed by atoms with Crippen molar-refractivity contribution in [1.29, 1.82) is 0 Å². The molecule has 5 aliphatic heterocycles. The largest absolute Gasteiger partial charge is 0.469 e. The third-order valence-electron chi connectivity index (χ3n) is 15.8. The minimum Gasteiger partial charge on any atom is -0.469 e. The van der Waals surface area contributed by atoms with Crippen LogP contribution in [0.15, 0.2) is 16.7 Å². The summed E-state index contributed by atoms with van der Waals surface area (Å²) >= 11 is 0. The second-order valence-electron chi connectivity index (χ2n) is 18.6. The van der Waals surface area contributed by atoms with E-state index in [-0.39, 0.29) is 49.1 Å². The van der Waals surface area contributed by atoms with E-state index in [0.717, 1.165) is 76.6 Å². The molecular formula is C41H58N2O10. The van der Waals surface area contributed by atoms with E-state index in [1.54, 1.807) is 6.26 Å². The Labute approximate surface area is 311 Å². The number of rotatable bonds is 10. The second kappa shape index (κ2) is 12.8. The van der Waals surface area contributed by atoms with Crippen molar-refractivity contribution in [3.05, 3.63) is 23.7 Å². The van der Waals surface area contributed by atoms with E-state index < -0.39 is 63.8 Å². The number of unbranched alkanes of at least 4 members (excludes halogenated alkanes) is 1. The number of ketones is 1. The number of fused-ring (bicyclic) bond motifs is 1. The van der Waals surface area contributed by atoms with E-state index in [1.807, 2.05) is 19.9 Å². The predicted octanol–water partition coefficient (Wildman–Crippen LogP) is 3.90. The van der Waals surface area contributed by atoms with Crippen LogP contribution in [0.25, 0.3) is 0 Å². The third kappa shape index (κ3) is 4.90. The second-order valence-corrected chi connectivity index (χ2v) is 18.6. The van der Waals surface area contributed by atoms with E-state index in [0.29, 0.717) is 31.1 Å². The maximum Gasteiger partial charge on any atom is 0.339 e. The molecule has 12 heteroatoms. The zero-order chi connectivity index (χ0) is 37.0. The van der Waals surface area contributed by atoms with Crippen LogP contribution in [0.1, 0.15) is 115 Å². The lowest BCUT2D eigenvalue weighted by Gasteiger charge is -2.70. The molecule has 292 valence electrons. The standard InChI is InChI=1S/C41H58N2O10/c1-37(2)32-31(46)33(47)40(24-10-5-4-6-11-24)28(39(32)21-50-30(45)18-29(39)52-37)13-15-38(3)34(51-36(48)35-41(38,40)53-35)26-14-16-49-27(26)17-23(20-44)9-7-8-12-25-19-42-22-43-25/h14,16,23-25,28-29,32-35,42-44,47H,4-13,15,17-22H2,1-3H3/t23-,25+,28-,29+,32-,33-,34+,35-,38+,39+,40+,41-/m1/s1. The van der Waals surface area contributed by atoms with Gasteiger partial charge in [-0.3, -0.25) is 9.59 Å². The molecule has 8 fully saturated rings. The van der Waals surface area contributed by atoms with Crippen LogP contribution in [-0.4, -0.2) is 89.9 Å². The lowest BCUT2D eigenvalue weighted by Crippen LogP contribution is -2.79. The Balaban J connectivity index is 1.10. The van der Waals surface area contributed by atoms with Crippen molar-refractivity contribution < 1.29 is 48.0 Å². The molecule has 0 radical (unpaired) electrons. The Bertz CT molecular complexity index is 1620. The number of aliphatic hydroxyl groups is 2. The minimum atomic E-state index is -1.39. The van der Waals surface area contributed by atoms with Crippen LogP contribution in [-0.2, 0) is 39.8 Å². The van der Waals surface area contributed by atoms with E-state index in [1.165, 1.54) is 0 Å². The van der Waals surface area contributed by atoms with Gasteiger partial charge >= 0.3 is 11.9 Å². The molecule has 9 rings (SSSR count). The Morgan fingerprint density at radius 1 is 1.02 bits per heavy atom. The smallest absolute Gasteiger partial charge is 0.339 e. The van der Waals surface area contributed by atoms with Gasteiger partial charge in [-0.2, -0.15) is 0 Å². The molecule has 5 saturated heterocycles. The highest BCUT2D eigenvalue weighted by atomic mass is 16.7. The highest BCUT2D eigenvalue weighted by Crippen LogP contribution is 2.82. The molecule has 1 aromatic rings. The van der Waals surface area contributed by atoms with Crippen LogP contribution in [0.3, 0.4) is 0 Å². The Kier molecular flexibility index (Phi) is 8.80. The predicted molar refractivity (Wildman–Crippen MR) is 189 cm³/mol. The number of hydrogen-bond acceptors (Lipinski definition) is 12. The number of carbonyl (C=O) groups is 3. The van der Waals surface area contributed by atoms with Crippen molar-refractivity contribution in [3.8, 4) is 0 Å². The molecule has 3 saturated carbocycles. The summed E-state index contributed by atoms with van der Waals surface area (Å²) in [4.78, 5) is 42.2. The first-order valence-electron chi connectivity index (χ1n) is 20.5. The van der Waals surface area contributed by atoms with E-state index in [9.17, 15) is 19.8 Å². The SMILES string of the molecule is CC1(C)O[C@H]2CC(=O)OC[C@@]23[C@@H]1C(=O)[C@@H](O)[C@]1(C2CCCCC2)[C@@H]3CC[C@@]2(C)[C@H](c3ccoc3C[C@H](CO)CCCC[C@H]3CNCN3)OC(=O)[C@H]3O[C@@]312. The van der Waals surface area contributed by atoms with E-state index in [2.05, 4.69) is 17.6 Å². The minimum absolute atomic E-state index is 0.0182. The summed E-state index contributed by atoms with van der Waals surface area (Å²) in [6.45, 7) is 7.85. The fourth-order valence-corrected chi connectivity index (χ4v) is 13.9. The molecule has 0 amide bonds. The lowest BCUT2D eigenvalue weighted by atomic mass is 9.33. The Morgan fingerprint density at radius 3 is 2.58 bits per heavy atom. The molecule has 0 bridgehead atoms. The van der Waals surface area contributed by atoms with Gasteiger partial charge in [0.2, 0.25) is 0 Å². The van der Waals surface area contributed by atoms with Gasteiger partial charge in [0.25, 0.3) is 0 Å². The Morgan fingerprint density at radius 2 is 1.83 bits per heavy atom. The first-order valence-corrected chi connectivity index (χ1v) is 20.5. The molecular weight excluding hydrogens is 680 g/mol. The fourth-order valence-electron chi connectivity index (χ4n) is 13.9. The number of Topliss-reactive ketones (excluding diaryl/α,β-unsaturated/α-hetero) is 1. The molecule has 0 unspecified atom stereocenters. The number of hydrogen-bond donors (Lipinski definition) is 4. The zero-order valence-corrected chi connectivity index (χ0v) is 31.5. The van der Waals surface area contributed by atoms with Gasteiger partial charge in [0.05, 0.1) is 30.3 Å². The molecule has 2 spiro atoms. The van der Waals surface area contributed by atoms with Gasteiger partial charge in [0.1, 0.15) is 30.2 Å².